The number of aromatic nitrogens is 1. The summed E-state index contributed by atoms with van der Waals surface area (Å²) in [5.74, 6) is 1.29. The molecule has 0 aliphatic rings. The molecular formula is C19H17ClN4O. The molecule has 25 heavy (non-hydrogen) atoms. The van der Waals surface area contributed by atoms with Gasteiger partial charge in [0.1, 0.15) is 22.5 Å². The maximum atomic E-state index is 7.81. The summed E-state index contributed by atoms with van der Waals surface area (Å²) in [6.07, 6.45) is 0. The van der Waals surface area contributed by atoms with Gasteiger partial charge in [0.25, 0.3) is 0 Å². The van der Waals surface area contributed by atoms with Gasteiger partial charge in [0.15, 0.2) is 0 Å². The predicted molar refractivity (Wildman–Crippen MR) is 101 cm³/mol. The van der Waals surface area contributed by atoms with Crippen molar-refractivity contribution in [1.29, 1.82) is 5.41 Å². The van der Waals surface area contributed by atoms with Crippen molar-refractivity contribution in [2.75, 3.05) is 5.73 Å². The molecule has 3 aromatic rings. The van der Waals surface area contributed by atoms with Gasteiger partial charge in [-0.05, 0) is 43.3 Å². The first-order valence-electron chi connectivity index (χ1n) is 7.60. The van der Waals surface area contributed by atoms with E-state index in [1.54, 1.807) is 6.92 Å². The highest BCUT2D eigenvalue weighted by Gasteiger charge is 2.18. The Morgan fingerprint density at radius 2 is 1.64 bits per heavy atom. The summed E-state index contributed by atoms with van der Waals surface area (Å²) in [5.41, 5.74) is 14.4. The lowest BCUT2D eigenvalue weighted by Crippen LogP contribution is -2.17. The van der Waals surface area contributed by atoms with Crippen LogP contribution in [0, 0.1) is 12.3 Å². The number of hydrogen-bond acceptors (Lipinski definition) is 4. The third-order valence-corrected chi connectivity index (χ3v) is 4.17. The van der Waals surface area contributed by atoms with Crippen LogP contribution in [-0.4, -0.2) is 10.8 Å². The van der Waals surface area contributed by atoms with Crippen molar-refractivity contribution < 1.29 is 4.74 Å². The Labute approximate surface area is 150 Å². The summed E-state index contributed by atoms with van der Waals surface area (Å²) < 4.78 is 5.78. The van der Waals surface area contributed by atoms with Crippen LogP contribution in [0.15, 0.2) is 54.6 Å². The summed E-state index contributed by atoms with van der Waals surface area (Å²) in [7, 11) is 0. The fourth-order valence-electron chi connectivity index (χ4n) is 2.45. The molecular weight excluding hydrogens is 336 g/mol. The smallest absolute Gasteiger partial charge is 0.134 e. The maximum absolute atomic E-state index is 7.81. The molecule has 0 spiro atoms. The van der Waals surface area contributed by atoms with Gasteiger partial charge in [-0.2, -0.15) is 0 Å². The van der Waals surface area contributed by atoms with E-state index >= 15 is 0 Å². The Kier molecular flexibility index (Phi) is 4.59. The normalized spacial score (nSPS) is 10.5. The number of anilines is 1. The molecule has 3 rings (SSSR count). The monoisotopic (exact) mass is 352 g/mol. The van der Waals surface area contributed by atoms with Crippen LogP contribution in [0.25, 0.3) is 11.3 Å². The number of benzene rings is 2. The van der Waals surface area contributed by atoms with Gasteiger partial charge in [0.05, 0.1) is 16.9 Å². The van der Waals surface area contributed by atoms with Crippen LogP contribution < -0.4 is 16.2 Å². The zero-order valence-corrected chi connectivity index (χ0v) is 14.3. The van der Waals surface area contributed by atoms with Crippen LogP contribution in [0.4, 0.5) is 5.69 Å². The number of nitrogens with zero attached hydrogens (tertiary/aromatic N) is 1. The number of nitrogen functional groups attached to an aromatic ring is 2. The molecule has 1 heterocycles. The summed E-state index contributed by atoms with van der Waals surface area (Å²) in [6.45, 7) is 1.75. The van der Waals surface area contributed by atoms with Gasteiger partial charge in [0, 0.05) is 11.1 Å². The number of nitrogens with one attached hydrogen (secondary N) is 1. The van der Waals surface area contributed by atoms with E-state index in [-0.39, 0.29) is 5.84 Å². The molecule has 0 bridgehead atoms. The van der Waals surface area contributed by atoms with Crippen LogP contribution in [0.2, 0.25) is 5.15 Å². The largest absolute Gasteiger partial charge is 0.457 e. The molecule has 0 atom stereocenters. The fourth-order valence-corrected chi connectivity index (χ4v) is 2.64. The number of nitrogens with two attached hydrogens (primary N) is 2. The highest BCUT2D eigenvalue weighted by Crippen LogP contribution is 2.33. The molecule has 5 nitrogen and oxygen atoms in total. The molecule has 0 fully saturated rings. The number of para-hydroxylation sites is 1. The molecule has 1 aromatic heterocycles. The Balaban J connectivity index is 1.99. The standard InChI is InChI=1S/C19H17ClN4O/c1-11-16(21)15(19(22)23)17(24-18(11)20)12-7-9-14(10-8-12)25-13-5-3-2-4-6-13/h2-10H,1H3,(H2,21,24)(H3,22,23). The molecule has 0 aliphatic carbocycles. The molecule has 126 valence electrons. The van der Waals surface area contributed by atoms with Crippen molar-refractivity contribution in [2.45, 2.75) is 6.92 Å². The highest BCUT2D eigenvalue weighted by atomic mass is 35.5. The van der Waals surface area contributed by atoms with Gasteiger partial charge in [-0.15, -0.1) is 0 Å². The lowest BCUT2D eigenvalue weighted by molar-refractivity contribution is 0.483. The second-order valence-corrected chi connectivity index (χ2v) is 5.88. The van der Waals surface area contributed by atoms with Crippen molar-refractivity contribution in [3.8, 4) is 22.8 Å². The minimum absolute atomic E-state index is 0.149. The van der Waals surface area contributed by atoms with E-state index in [9.17, 15) is 0 Å². The van der Waals surface area contributed by atoms with E-state index in [0.717, 1.165) is 11.3 Å². The molecule has 0 saturated carbocycles. The average molecular weight is 353 g/mol. The minimum Gasteiger partial charge on any atom is -0.457 e. The molecule has 0 unspecified atom stereocenters. The SMILES string of the molecule is Cc1c(Cl)nc(-c2ccc(Oc3ccccc3)cc2)c(C(=N)N)c1N. The van der Waals surface area contributed by atoms with Crippen LogP contribution >= 0.6 is 11.6 Å². The first-order valence-corrected chi connectivity index (χ1v) is 7.98. The number of rotatable bonds is 4. The summed E-state index contributed by atoms with van der Waals surface area (Å²) >= 11 is 6.16. The molecule has 2 aromatic carbocycles. The third-order valence-electron chi connectivity index (χ3n) is 3.81. The number of hydrogen-bond donors (Lipinski definition) is 3. The van der Waals surface area contributed by atoms with Gasteiger partial charge in [-0.1, -0.05) is 29.8 Å². The van der Waals surface area contributed by atoms with E-state index in [4.69, 9.17) is 33.2 Å². The fraction of sp³-hybridized carbons (Fsp3) is 0.0526. The van der Waals surface area contributed by atoms with Crippen molar-refractivity contribution in [1.82, 2.24) is 4.98 Å². The van der Waals surface area contributed by atoms with Crippen LogP contribution in [0.3, 0.4) is 0 Å². The highest BCUT2D eigenvalue weighted by molar-refractivity contribution is 6.31. The lowest BCUT2D eigenvalue weighted by atomic mass is 10.0. The zero-order valence-electron chi connectivity index (χ0n) is 13.6. The first-order chi connectivity index (χ1) is 12.0. The van der Waals surface area contributed by atoms with E-state index < -0.39 is 0 Å². The lowest BCUT2D eigenvalue weighted by Gasteiger charge is -2.14. The Bertz CT molecular complexity index is 924. The zero-order chi connectivity index (χ0) is 18.0. The van der Waals surface area contributed by atoms with Crippen molar-refractivity contribution >= 4 is 23.1 Å². The predicted octanol–water partition coefficient (Wildman–Crippen LogP) is 4.37. The Hall–Kier alpha value is -3.05. The van der Waals surface area contributed by atoms with Crippen LogP contribution in [-0.2, 0) is 0 Å². The van der Waals surface area contributed by atoms with Crippen LogP contribution in [0.5, 0.6) is 11.5 Å². The van der Waals surface area contributed by atoms with Crippen LogP contribution in [0.1, 0.15) is 11.1 Å². The summed E-state index contributed by atoms with van der Waals surface area (Å²) in [6, 6.07) is 16.8. The summed E-state index contributed by atoms with van der Waals surface area (Å²) in [4.78, 5) is 4.36. The number of pyridine rings is 1. The molecule has 6 heteroatoms. The minimum atomic E-state index is -0.149. The van der Waals surface area contributed by atoms with Gasteiger partial charge in [-0.3, -0.25) is 5.41 Å². The topological polar surface area (TPSA) is 98.0 Å². The molecule has 0 saturated heterocycles. The number of halogens is 1. The van der Waals surface area contributed by atoms with E-state index in [2.05, 4.69) is 4.98 Å². The molecule has 0 radical (unpaired) electrons. The second-order valence-electron chi connectivity index (χ2n) is 5.52. The first kappa shape index (κ1) is 16.8. The van der Waals surface area contributed by atoms with E-state index in [1.165, 1.54) is 0 Å². The Morgan fingerprint density at radius 3 is 2.24 bits per heavy atom. The number of ether oxygens (including phenoxy) is 1. The quantitative estimate of drug-likeness (QED) is 0.369. The van der Waals surface area contributed by atoms with Crippen molar-refractivity contribution in [3.05, 3.63) is 70.9 Å². The van der Waals surface area contributed by atoms with Gasteiger partial charge < -0.3 is 16.2 Å². The molecule has 0 amide bonds. The molecule has 0 aliphatic heterocycles. The molecule has 5 N–H and O–H groups in total. The van der Waals surface area contributed by atoms with Gasteiger partial charge >= 0.3 is 0 Å². The number of amidine groups is 1. The van der Waals surface area contributed by atoms with Gasteiger partial charge in [0.2, 0.25) is 0 Å². The summed E-state index contributed by atoms with van der Waals surface area (Å²) in [5, 5.41) is 8.11. The van der Waals surface area contributed by atoms with E-state index in [1.807, 2.05) is 54.6 Å². The van der Waals surface area contributed by atoms with Crippen molar-refractivity contribution in [2.24, 2.45) is 5.73 Å². The maximum Gasteiger partial charge on any atom is 0.134 e. The second kappa shape index (κ2) is 6.83. The third kappa shape index (κ3) is 3.41. The van der Waals surface area contributed by atoms with E-state index in [0.29, 0.717) is 33.4 Å². The van der Waals surface area contributed by atoms with Crippen molar-refractivity contribution in [3.63, 3.8) is 0 Å². The average Bonchev–Trinajstić information content (AvgIpc) is 2.60. The Morgan fingerprint density at radius 1 is 1.04 bits per heavy atom. The van der Waals surface area contributed by atoms with Gasteiger partial charge in [-0.25, -0.2) is 4.98 Å².